The van der Waals surface area contributed by atoms with Crippen LogP contribution >= 0.6 is 23.2 Å². The molecule has 4 aliphatic heterocycles. The number of amides is 3. The minimum absolute atomic E-state index is 0.200. The average molecular weight is 486 g/mol. The Balaban J connectivity index is 1.57. The first-order chi connectivity index (χ1) is 15.8. The molecule has 3 amide bonds. The minimum Gasteiger partial charge on any atom is -0.495 e. The lowest BCUT2D eigenvalue weighted by molar-refractivity contribution is -0.135. The van der Waals surface area contributed by atoms with E-state index in [-0.39, 0.29) is 17.9 Å². The van der Waals surface area contributed by atoms with Crippen LogP contribution in [0.2, 0.25) is 10.0 Å². The first-order valence-corrected chi connectivity index (χ1v) is 11.7. The number of rotatable bonds is 2. The van der Waals surface area contributed by atoms with Crippen LogP contribution in [0.1, 0.15) is 24.0 Å². The van der Waals surface area contributed by atoms with Gasteiger partial charge in [-0.3, -0.25) is 19.3 Å². The first-order valence-electron chi connectivity index (χ1n) is 10.9. The molecule has 0 aromatic heterocycles. The van der Waals surface area contributed by atoms with Gasteiger partial charge in [0.2, 0.25) is 17.7 Å². The van der Waals surface area contributed by atoms with E-state index in [0.29, 0.717) is 33.7 Å². The molecule has 7 nitrogen and oxygen atoms in total. The molecule has 4 aliphatic rings. The molecule has 1 N–H and O–H groups in total. The van der Waals surface area contributed by atoms with Crippen LogP contribution in [-0.2, 0) is 19.9 Å². The predicted molar refractivity (Wildman–Crippen MR) is 124 cm³/mol. The lowest BCUT2D eigenvalue weighted by Gasteiger charge is -2.36. The van der Waals surface area contributed by atoms with Crippen molar-refractivity contribution in [3.8, 4) is 5.75 Å². The number of fused-ring (bicyclic) bond motifs is 7. The minimum atomic E-state index is -1.25. The van der Waals surface area contributed by atoms with Gasteiger partial charge in [-0.2, -0.15) is 0 Å². The standard InChI is InChI=1S/C24H21Cl2N3O4/c1-11-14(26)7-6-13-20(11)27-23(32)24(13)19-18(15-4-3-9-28(15)24)21(30)29(22(19)31)16-10-12(25)5-8-17(16)33-2/h5-8,10,15,18-19H,3-4,9H2,1-2H3,(H,27,32)/t15-,18+,19-,24-/m0/s1. The Labute approximate surface area is 200 Å². The Morgan fingerprint density at radius 2 is 1.91 bits per heavy atom. The second-order valence-corrected chi connectivity index (χ2v) is 9.89. The highest BCUT2D eigenvalue weighted by Gasteiger charge is 2.74. The summed E-state index contributed by atoms with van der Waals surface area (Å²) < 4.78 is 5.43. The molecule has 0 aliphatic carbocycles. The molecule has 4 atom stereocenters. The fourth-order valence-corrected chi connectivity index (χ4v) is 6.79. The molecule has 1 spiro atoms. The van der Waals surface area contributed by atoms with Crippen LogP contribution in [0.3, 0.4) is 0 Å². The molecule has 2 aromatic carbocycles. The van der Waals surface area contributed by atoms with Crippen LogP contribution in [0, 0.1) is 18.8 Å². The number of benzene rings is 2. The van der Waals surface area contributed by atoms with Crippen molar-refractivity contribution in [1.29, 1.82) is 0 Å². The number of carbonyl (C=O) groups is 3. The van der Waals surface area contributed by atoms with Crippen LogP contribution in [-0.4, -0.2) is 42.3 Å². The summed E-state index contributed by atoms with van der Waals surface area (Å²) in [5, 5.41) is 3.92. The number of nitrogens with zero attached hydrogens (tertiary/aromatic N) is 2. The number of halogens is 2. The normalized spacial score (nSPS) is 30.1. The zero-order valence-corrected chi connectivity index (χ0v) is 19.5. The summed E-state index contributed by atoms with van der Waals surface area (Å²) in [5.41, 5.74) is 1.17. The number of imide groups is 1. The molecule has 0 saturated carbocycles. The fourth-order valence-electron chi connectivity index (χ4n) is 6.47. The maximum absolute atomic E-state index is 14.1. The second-order valence-electron chi connectivity index (χ2n) is 9.05. The number of carbonyl (C=O) groups excluding carboxylic acids is 3. The van der Waals surface area contributed by atoms with E-state index in [9.17, 15) is 14.4 Å². The number of anilines is 2. The van der Waals surface area contributed by atoms with Crippen LogP contribution in [0.5, 0.6) is 5.75 Å². The van der Waals surface area contributed by atoms with E-state index in [1.807, 2.05) is 13.0 Å². The summed E-state index contributed by atoms with van der Waals surface area (Å²) in [6.07, 6.45) is 1.60. The number of nitrogens with one attached hydrogen (secondary N) is 1. The quantitative estimate of drug-likeness (QED) is 0.655. The average Bonchev–Trinajstić information content (AvgIpc) is 3.49. The monoisotopic (exact) mass is 485 g/mol. The Kier molecular flexibility index (Phi) is 4.41. The van der Waals surface area contributed by atoms with Crippen LogP contribution in [0.25, 0.3) is 0 Å². The van der Waals surface area contributed by atoms with Gasteiger partial charge in [0.05, 0.1) is 30.3 Å². The number of hydrogen-bond donors (Lipinski definition) is 1. The van der Waals surface area contributed by atoms with E-state index in [4.69, 9.17) is 27.9 Å². The van der Waals surface area contributed by atoms with Gasteiger partial charge in [-0.1, -0.05) is 29.3 Å². The molecular weight excluding hydrogens is 465 g/mol. The molecule has 0 radical (unpaired) electrons. The maximum atomic E-state index is 14.1. The second kappa shape index (κ2) is 6.95. The largest absolute Gasteiger partial charge is 0.495 e. The molecule has 33 heavy (non-hydrogen) atoms. The van der Waals surface area contributed by atoms with Gasteiger partial charge in [-0.05, 0) is 56.1 Å². The van der Waals surface area contributed by atoms with Gasteiger partial charge < -0.3 is 10.1 Å². The SMILES string of the molecule is COc1ccc(Cl)cc1N1C(=O)[C@H]2[C@@H](C1=O)[C@@]1(C(=O)Nc3c1ccc(Cl)c3C)N1CCC[C@@H]21. The summed E-state index contributed by atoms with van der Waals surface area (Å²) in [4.78, 5) is 44.9. The molecule has 9 heteroatoms. The van der Waals surface area contributed by atoms with Crippen LogP contribution < -0.4 is 15.0 Å². The Bertz CT molecular complexity index is 1260. The van der Waals surface area contributed by atoms with Crippen molar-refractivity contribution in [2.24, 2.45) is 11.8 Å². The summed E-state index contributed by atoms with van der Waals surface area (Å²) in [6, 6.07) is 8.21. The lowest BCUT2D eigenvalue weighted by Crippen LogP contribution is -2.54. The predicted octanol–water partition coefficient (Wildman–Crippen LogP) is 3.74. The van der Waals surface area contributed by atoms with Gasteiger partial charge in [0.1, 0.15) is 11.3 Å². The van der Waals surface area contributed by atoms with Gasteiger partial charge in [0.15, 0.2) is 0 Å². The first kappa shape index (κ1) is 21.0. The van der Waals surface area contributed by atoms with Crippen molar-refractivity contribution in [3.05, 3.63) is 51.5 Å². The zero-order valence-electron chi connectivity index (χ0n) is 18.0. The number of ether oxygens (including phenoxy) is 1. The molecule has 2 aromatic rings. The molecular formula is C24H21Cl2N3O4. The number of methoxy groups -OCH3 is 1. The molecule has 0 unspecified atom stereocenters. The van der Waals surface area contributed by atoms with Crippen molar-refractivity contribution < 1.29 is 19.1 Å². The molecule has 3 saturated heterocycles. The van der Waals surface area contributed by atoms with Gasteiger partial charge in [-0.25, -0.2) is 4.90 Å². The van der Waals surface area contributed by atoms with Gasteiger partial charge in [0.25, 0.3) is 0 Å². The van der Waals surface area contributed by atoms with Gasteiger partial charge >= 0.3 is 0 Å². The highest BCUT2D eigenvalue weighted by molar-refractivity contribution is 6.33. The van der Waals surface area contributed by atoms with E-state index in [0.717, 1.165) is 24.0 Å². The summed E-state index contributed by atoms with van der Waals surface area (Å²) in [5.74, 6) is -2.10. The van der Waals surface area contributed by atoms with E-state index >= 15 is 0 Å². The van der Waals surface area contributed by atoms with Crippen molar-refractivity contribution >= 4 is 52.3 Å². The Morgan fingerprint density at radius 1 is 1.12 bits per heavy atom. The zero-order chi connectivity index (χ0) is 23.2. The van der Waals surface area contributed by atoms with Gasteiger partial charge in [-0.15, -0.1) is 0 Å². The summed E-state index contributed by atoms with van der Waals surface area (Å²) in [6.45, 7) is 2.49. The topological polar surface area (TPSA) is 78.9 Å². The van der Waals surface area contributed by atoms with Crippen LogP contribution in [0.15, 0.2) is 30.3 Å². The van der Waals surface area contributed by atoms with E-state index in [2.05, 4.69) is 10.2 Å². The third-order valence-corrected chi connectivity index (χ3v) is 8.39. The highest BCUT2D eigenvalue weighted by atomic mass is 35.5. The van der Waals surface area contributed by atoms with Crippen molar-refractivity contribution in [2.75, 3.05) is 23.9 Å². The van der Waals surface area contributed by atoms with Crippen molar-refractivity contribution in [2.45, 2.75) is 31.3 Å². The lowest BCUT2D eigenvalue weighted by atomic mass is 9.75. The van der Waals surface area contributed by atoms with Crippen molar-refractivity contribution in [3.63, 3.8) is 0 Å². The third kappa shape index (κ3) is 2.42. The molecule has 0 bridgehead atoms. The van der Waals surface area contributed by atoms with E-state index in [1.165, 1.54) is 12.0 Å². The van der Waals surface area contributed by atoms with E-state index < -0.39 is 23.3 Å². The molecule has 3 fully saturated rings. The molecule has 170 valence electrons. The molecule has 4 heterocycles. The Morgan fingerprint density at radius 3 is 2.67 bits per heavy atom. The molecule has 6 rings (SSSR count). The fraction of sp³-hybridized carbons (Fsp3) is 0.375. The van der Waals surface area contributed by atoms with E-state index in [1.54, 1.807) is 24.3 Å². The summed E-state index contributed by atoms with van der Waals surface area (Å²) in [7, 11) is 1.48. The number of hydrogen-bond acceptors (Lipinski definition) is 5. The highest BCUT2D eigenvalue weighted by Crippen LogP contribution is 2.61. The van der Waals surface area contributed by atoms with Crippen LogP contribution in [0.4, 0.5) is 11.4 Å². The third-order valence-electron chi connectivity index (χ3n) is 7.74. The van der Waals surface area contributed by atoms with Crippen molar-refractivity contribution in [1.82, 2.24) is 4.90 Å². The summed E-state index contributed by atoms with van der Waals surface area (Å²) >= 11 is 12.6. The maximum Gasteiger partial charge on any atom is 0.250 e. The Hall–Kier alpha value is -2.61. The van der Waals surface area contributed by atoms with Gasteiger partial charge in [0, 0.05) is 21.7 Å². The smallest absolute Gasteiger partial charge is 0.250 e.